The van der Waals surface area contributed by atoms with Gasteiger partial charge in [0.05, 0.1) is 35.0 Å². The van der Waals surface area contributed by atoms with Gasteiger partial charge >= 0.3 is 0 Å². The number of nitrogens with zero attached hydrogens (tertiary/aromatic N) is 3. The van der Waals surface area contributed by atoms with Crippen LogP contribution in [-0.2, 0) is 9.53 Å². The number of carbonyl (C=O) groups is 1. The van der Waals surface area contributed by atoms with Crippen molar-refractivity contribution in [2.75, 3.05) is 44.5 Å². The lowest BCUT2D eigenvalue weighted by atomic mass is 10.1. The fourth-order valence-corrected chi connectivity index (χ4v) is 4.46. The highest BCUT2D eigenvalue weighted by Gasteiger charge is 2.53. The molecule has 1 aliphatic carbocycles. The van der Waals surface area contributed by atoms with Crippen molar-refractivity contribution < 1.29 is 13.9 Å². The summed E-state index contributed by atoms with van der Waals surface area (Å²) in [4.78, 5) is 23.4. The van der Waals surface area contributed by atoms with Crippen LogP contribution >= 0.6 is 11.6 Å². The lowest BCUT2D eigenvalue weighted by molar-refractivity contribution is -0.111. The summed E-state index contributed by atoms with van der Waals surface area (Å²) < 4.78 is 19.1. The molecule has 5 rings (SSSR count). The van der Waals surface area contributed by atoms with E-state index in [-0.39, 0.29) is 10.9 Å². The van der Waals surface area contributed by atoms with E-state index < -0.39 is 5.82 Å². The van der Waals surface area contributed by atoms with Crippen LogP contribution in [0.3, 0.4) is 0 Å². The van der Waals surface area contributed by atoms with Crippen molar-refractivity contribution in [2.45, 2.75) is 0 Å². The molecule has 0 radical (unpaired) electrons. The van der Waals surface area contributed by atoms with E-state index >= 15 is 0 Å². The SMILES string of the molecule is CN(C)C/C=C/C(=O)Nc1cc2c(Nc3ccc(F)c(Cl)c3)ncnc2cc1C#CC1C2COC[C@@H]12. The summed E-state index contributed by atoms with van der Waals surface area (Å²) in [5.41, 5.74) is 2.47. The number of benzene rings is 2. The molecule has 0 bridgehead atoms. The molecule has 0 spiro atoms. The molecule has 1 aliphatic heterocycles. The Kier molecular flexibility index (Phi) is 6.88. The maximum atomic E-state index is 13.6. The Morgan fingerprint density at radius 1 is 1.25 bits per heavy atom. The van der Waals surface area contributed by atoms with Gasteiger partial charge < -0.3 is 20.3 Å². The van der Waals surface area contributed by atoms with Gasteiger partial charge in [-0.2, -0.15) is 0 Å². The van der Waals surface area contributed by atoms with Gasteiger partial charge in [-0.3, -0.25) is 4.79 Å². The van der Waals surface area contributed by atoms with Gasteiger partial charge in [0.1, 0.15) is 18.0 Å². The molecule has 2 aliphatic rings. The van der Waals surface area contributed by atoms with E-state index in [1.807, 2.05) is 25.1 Å². The fraction of sp³-hybridized carbons (Fsp3) is 0.296. The fourth-order valence-electron chi connectivity index (χ4n) is 4.28. The summed E-state index contributed by atoms with van der Waals surface area (Å²) >= 11 is 5.94. The van der Waals surface area contributed by atoms with E-state index in [1.165, 1.54) is 24.5 Å². The molecule has 3 aromatic rings. The summed E-state index contributed by atoms with van der Waals surface area (Å²) in [6.07, 6.45) is 4.74. The minimum atomic E-state index is -0.503. The Morgan fingerprint density at radius 3 is 2.81 bits per heavy atom. The van der Waals surface area contributed by atoms with Crippen LogP contribution in [0, 0.1) is 35.4 Å². The topological polar surface area (TPSA) is 79.4 Å². The third kappa shape index (κ3) is 5.34. The first kappa shape index (κ1) is 24.2. The number of rotatable bonds is 6. The van der Waals surface area contributed by atoms with Crippen molar-refractivity contribution in [3.8, 4) is 11.8 Å². The number of halogens is 2. The highest BCUT2D eigenvalue weighted by Crippen LogP contribution is 2.50. The van der Waals surface area contributed by atoms with Crippen molar-refractivity contribution in [3.63, 3.8) is 0 Å². The predicted octanol–water partition coefficient (Wildman–Crippen LogP) is 4.47. The van der Waals surface area contributed by atoms with E-state index in [0.717, 1.165) is 13.2 Å². The van der Waals surface area contributed by atoms with E-state index in [1.54, 1.807) is 18.2 Å². The number of nitrogens with one attached hydrogen (secondary N) is 2. The Balaban J connectivity index is 1.49. The highest BCUT2D eigenvalue weighted by atomic mass is 35.5. The number of fused-ring (bicyclic) bond motifs is 2. The molecule has 2 N–H and O–H groups in total. The summed E-state index contributed by atoms with van der Waals surface area (Å²) in [6.45, 7) is 2.17. The Labute approximate surface area is 213 Å². The zero-order valence-corrected chi connectivity index (χ0v) is 20.6. The normalized spacial score (nSPS) is 20.3. The van der Waals surface area contributed by atoms with Crippen molar-refractivity contribution in [1.82, 2.24) is 14.9 Å². The van der Waals surface area contributed by atoms with E-state index in [0.29, 0.717) is 58.0 Å². The number of ether oxygens (including phenoxy) is 1. The monoisotopic (exact) mass is 505 g/mol. The average Bonchev–Trinajstić information content (AvgIpc) is 3.26. The molecule has 2 heterocycles. The van der Waals surface area contributed by atoms with Crippen LogP contribution < -0.4 is 10.6 Å². The molecule has 36 heavy (non-hydrogen) atoms. The van der Waals surface area contributed by atoms with E-state index in [9.17, 15) is 9.18 Å². The summed E-state index contributed by atoms with van der Waals surface area (Å²) in [5, 5.41) is 6.79. The van der Waals surface area contributed by atoms with Gasteiger partial charge in [0.2, 0.25) is 5.91 Å². The molecule has 2 fully saturated rings. The van der Waals surface area contributed by atoms with Gasteiger partial charge in [-0.1, -0.05) is 29.5 Å². The van der Waals surface area contributed by atoms with Gasteiger partial charge in [-0.15, -0.1) is 0 Å². The Hall–Kier alpha value is -3.51. The minimum Gasteiger partial charge on any atom is -0.381 e. The molecule has 2 aromatic carbocycles. The van der Waals surface area contributed by atoms with Crippen LogP contribution in [0.5, 0.6) is 0 Å². The minimum absolute atomic E-state index is 0.00336. The maximum Gasteiger partial charge on any atom is 0.248 e. The molecule has 184 valence electrons. The molecule has 7 nitrogen and oxygen atoms in total. The number of hydrogen-bond donors (Lipinski definition) is 2. The van der Waals surface area contributed by atoms with Crippen LogP contribution in [0.1, 0.15) is 5.56 Å². The first-order chi connectivity index (χ1) is 17.4. The highest BCUT2D eigenvalue weighted by molar-refractivity contribution is 6.31. The van der Waals surface area contributed by atoms with Crippen LogP contribution in [0.25, 0.3) is 10.9 Å². The molecule has 1 aromatic heterocycles. The van der Waals surface area contributed by atoms with Gasteiger partial charge in [-0.25, -0.2) is 14.4 Å². The summed E-state index contributed by atoms with van der Waals surface area (Å²) in [5.74, 6) is 7.70. The standard InChI is InChI=1S/C27H25ClFN5O2/c1-34(2)9-3-4-26(35)33-24-12-19-25(10-16(24)5-7-18-20-13-36-14-21(18)20)30-15-31-27(19)32-17-6-8-23(29)22(28)11-17/h3-4,6,8,10-12,15,18,20-21H,9,13-14H2,1-2H3,(H,33,35)(H,30,31,32)/b4-3+/t18?,20-,21?/m0/s1. The second-order valence-electron chi connectivity index (χ2n) is 9.21. The number of anilines is 3. The summed E-state index contributed by atoms with van der Waals surface area (Å²) in [7, 11) is 3.86. The van der Waals surface area contributed by atoms with Gasteiger partial charge in [0.25, 0.3) is 0 Å². The van der Waals surface area contributed by atoms with Crippen LogP contribution in [-0.4, -0.2) is 54.6 Å². The molecule has 1 saturated carbocycles. The largest absolute Gasteiger partial charge is 0.381 e. The Bertz CT molecular complexity index is 1400. The van der Waals surface area contributed by atoms with Crippen LogP contribution in [0.4, 0.5) is 21.6 Å². The second kappa shape index (κ2) is 10.2. The smallest absolute Gasteiger partial charge is 0.248 e. The lowest BCUT2D eigenvalue weighted by Crippen LogP contribution is -2.13. The first-order valence-corrected chi connectivity index (χ1v) is 12.0. The molecule has 9 heteroatoms. The molecule has 1 amide bonds. The molecule has 1 saturated heterocycles. The maximum absolute atomic E-state index is 13.6. The lowest BCUT2D eigenvalue weighted by Gasteiger charge is -2.12. The average molecular weight is 506 g/mol. The third-order valence-corrected chi connectivity index (χ3v) is 6.57. The Morgan fingerprint density at radius 2 is 2.06 bits per heavy atom. The second-order valence-corrected chi connectivity index (χ2v) is 9.61. The van der Waals surface area contributed by atoms with Crippen LogP contribution in [0.15, 0.2) is 48.8 Å². The zero-order chi connectivity index (χ0) is 25.2. The van der Waals surface area contributed by atoms with Crippen LogP contribution in [0.2, 0.25) is 5.02 Å². The van der Waals surface area contributed by atoms with E-state index in [2.05, 4.69) is 32.4 Å². The summed E-state index contributed by atoms with van der Waals surface area (Å²) in [6, 6.07) is 8.00. The molecule has 2 unspecified atom stereocenters. The molecule has 3 atom stereocenters. The van der Waals surface area contributed by atoms with Crippen molar-refractivity contribution in [1.29, 1.82) is 0 Å². The van der Waals surface area contributed by atoms with Crippen molar-refractivity contribution in [2.24, 2.45) is 17.8 Å². The number of hydrogen-bond acceptors (Lipinski definition) is 6. The number of aromatic nitrogens is 2. The quantitative estimate of drug-likeness (QED) is 0.380. The zero-order valence-electron chi connectivity index (χ0n) is 19.9. The first-order valence-electron chi connectivity index (χ1n) is 11.6. The predicted molar refractivity (Wildman–Crippen MR) is 139 cm³/mol. The third-order valence-electron chi connectivity index (χ3n) is 6.28. The van der Waals surface area contributed by atoms with Gasteiger partial charge in [-0.05, 0) is 44.4 Å². The molecular formula is C27H25ClFN5O2. The van der Waals surface area contributed by atoms with Gasteiger partial charge in [0, 0.05) is 41.4 Å². The van der Waals surface area contributed by atoms with Gasteiger partial charge in [0.15, 0.2) is 0 Å². The molecular weight excluding hydrogens is 481 g/mol. The van der Waals surface area contributed by atoms with Crippen molar-refractivity contribution in [3.05, 3.63) is 65.2 Å². The number of likely N-dealkylation sites (N-methyl/N-ethyl adjacent to an activating group) is 1. The number of carbonyl (C=O) groups excluding carboxylic acids is 1. The van der Waals surface area contributed by atoms with E-state index in [4.69, 9.17) is 16.3 Å². The van der Waals surface area contributed by atoms with Crippen molar-refractivity contribution >= 4 is 45.6 Å². The number of amides is 1.